The van der Waals surface area contributed by atoms with Gasteiger partial charge in [0.2, 0.25) is 10.0 Å². The van der Waals surface area contributed by atoms with E-state index in [1.807, 2.05) is 11.0 Å². The molecule has 6 heteroatoms. The summed E-state index contributed by atoms with van der Waals surface area (Å²) in [6.45, 7) is 2.21. The van der Waals surface area contributed by atoms with Gasteiger partial charge in [0, 0.05) is 25.2 Å². The molecule has 5 nitrogen and oxygen atoms in total. The molecule has 2 atom stereocenters. The van der Waals surface area contributed by atoms with E-state index >= 15 is 0 Å². The first-order chi connectivity index (χ1) is 11.9. The molecule has 0 N–H and O–H groups in total. The normalized spacial score (nSPS) is 26.3. The van der Waals surface area contributed by atoms with Gasteiger partial charge in [0.15, 0.2) is 0 Å². The van der Waals surface area contributed by atoms with E-state index in [4.69, 9.17) is 0 Å². The largest absolute Gasteiger partial charge is 0.338 e. The Balaban J connectivity index is 1.52. The van der Waals surface area contributed by atoms with E-state index in [9.17, 15) is 13.2 Å². The minimum atomic E-state index is -3.24. The Hall–Kier alpha value is -1.56. The van der Waals surface area contributed by atoms with Crippen LogP contribution in [0.4, 0.5) is 5.69 Å². The molecule has 1 aromatic carbocycles. The summed E-state index contributed by atoms with van der Waals surface area (Å²) in [5.74, 6) is 1.58. The average molecular weight is 362 g/mol. The van der Waals surface area contributed by atoms with Gasteiger partial charge in [0.1, 0.15) is 0 Å². The van der Waals surface area contributed by atoms with Crippen molar-refractivity contribution in [3.63, 3.8) is 0 Å². The van der Waals surface area contributed by atoms with Crippen molar-refractivity contribution in [2.75, 3.05) is 30.2 Å². The van der Waals surface area contributed by atoms with Crippen molar-refractivity contribution in [3.05, 3.63) is 29.3 Å². The van der Waals surface area contributed by atoms with Crippen LogP contribution < -0.4 is 4.31 Å². The van der Waals surface area contributed by atoms with Gasteiger partial charge in [-0.25, -0.2) is 8.42 Å². The second-order valence-electron chi connectivity index (χ2n) is 7.77. The Morgan fingerprint density at radius 2 is 1.84 bits per heavy atom. The minimum Gasteiger partial charge on any atom is -0.338 e. The standard InChI is InChI=1S/C19H26N2O3S/c1-25(23,24)21-11-9-15-12-16(6-7-18(15)21)19(22)20-10-8-14-4-2-3-5-17(14)13-20/h6-7,12,14,17H,2-5,8-11,13H2,1H3/t14-,17+/m1/s1. The molecular formula is C19H26N2O3S. The van der Waals surface area contributed by atoms with Crippen LogP contribution in [0.15, 0.2) is 18.2 Å². The fourth-order valence-electron chi connectivity index (χ4n) is 4.82. The third-order valence-electron chi connectivity index (χ3n) is 6.16. The zero-order chi connectivity index (χ0) is 17.6. The molecule has 2 fully saturated rings. The van der Waals surface area contributed by atoms with Gasteiger partial charge in [0.25, 0.3) is 5.91 Å². The van der Waals surface area contributed by atoms with E-state index in [0.29, 0.717) is 24.4 Å². The molecule has 25 heavy (non-hydrogen) atoms. The number of likely N-dealkylation sites (tertiary alicyclic amines) is 1. The number of hydrogen-bond acceptors (Lipinski definition) is 3. The molecule has 0 radical (unpaired) electrons. The number of carbonyl (C=O) groups excluding carboxylic acids is 1. The number of nitrogens with zero attached hydrogens (tertiary/aromatic N) is 2. The molecule has 0 bridgehead atoms. The summed E-state index contributed by atoms with van der Waals surface area (Å²) >= 11 is 0. The van der Waals surface area contributed by atoms with E-state index in [1.165, 1.54) is 36.2 Å². The smallest absolute Gasteiger partial charge is 0.253 e. The van der Waals surface area contributed by atoms with Crippen molar-refractivity contribution < 1.29 is 13.2 Å². The van der Waals surface area contributed by atoms with Gasteiger partial charge in [-0.2, -0.15) is 0 Å². The highest BCUT2D eigenvalue weighted by Gasteiger charge is 2.34. The van der Waals surface area contributed by atoms with Crippen LogP contribution in [0.2, 0.25) is 0 Å². The van der Waals surface area contributed by atoms with Crippen molar-refractivity contribution in [3.8, 4) is 0 Å². The van der Waals surface area contributed by atoms with Crippen molar-refractivity contribution in [1.82, 2.24) is 4.90 Å². The SMILES string of the molecule is CS(=O)(=O)N1CCc2cc(C(=O)N3CC[C@H]4CCCC[C@H]4C3)ccc21. The first-order valence-corrected chi connectivity index (χ1v) is 11.2. The zero-order valence-electron chi connectivity index (χ0n) is 14.8. The Kier molecular flexibility index (Phi) is 4.26. The number of fused-ring (bicyclic) bond motifs is 2. The lowest BCUT2D eigenvalue weighted by atomic mass is 9.75. The maximum atomic E-state index is 12.9. The van der Waals surface area contributed by atoms with Crippen molar-refractivity contribution in [2.45, 2.75) is 38.5 Å². The highest BCUT2D eigenvalue weighted by molar-refractivity contribution is 7.92. The lowest BCUT2D eigenvalue weighted by Crippen LogP contribution is -2.44. The molecule has 4 rings (SSSR count). The van der Waals surface area contributed by atoms with Crippen LogP contribution in [0.5, 0.6) is 0 Å². The monoisotopic (exact) mass is 362 g/mol. The van der Waals surface area contributed by atoms with E-state index in [1.54, 1.807) is 12.1 Å². The summed E-state index contributed by atoms with van der Waals surface area (Å²) in [4.78, 5) is 15.0. The quantitative estimate of drug-likeness (QED) is 0.813. The number of sulfonamides is 1. The summed E-state index contributed by atoms with van der Waals surface area (Å²) in [5.41, 5.74) is 2.39. The summed E-state index contributed by atoms with van der Waals surface area (Å²) in [6, 6.07) is 5.48. The van der Waals surface area contributed by atoms with E-state index < -0.39 is 10.0 Å². The van der Waals surface area contributed by atoms with Gasteiger partial charge < -0.3 is 4.90 Å². The number of rotatable bonds is 2. The van der Waals surface area contributed by atoms with Crippen LogP contribution in [-0.4, -0.2) is 45.1 Å². The molecule has 2 heterocycles. The highest BCUT2D eigenvalue weighted by Crippen LogP contribution is 2.37. The van der Waals surface area contributed by atoms with Gasteiger partial charge in [-0.15, -0.1) is 0 Å². The molecule has 2 aliphatic heterocycles. The molecule has 3 aliphatic rings. The van der Waals surface area contributed by atoms with Gasteiger partial charge in [-0.1, -0.05) is 19.3 Å². The maximum absolute atomic E-state index is 12.9. The Bertz CT molecular complexity index is 790. The summed E-state index contributed by atoms with van der Waals surface area (Å²) < 4.78 is 25.1. The first kappa shape index (κ1) is 16.9. The van der Waals surface area contributed by atoms with Gasteiger partial charge >= 0.3 is 0 Å². The number of hydrogen-bond donors (Lipinski definition) is 0. The average Bonchev–Trinajstić information content (AvgIpc) is 3.04. The molecular weight excluding hydrogens is 336 g/mol. The third kappa shape index (κ3) is 3.16. The second-order valence-corrected chi connectivity index (χ2v) is 9.68. The fraction of sp³-hybridized carbons (Fsp3) is 0.632. The molecule has 1 aromatic rings. The van der Waals surface area contributed by atoms with Gasteiger partial charge in [-0.3, -0.25) is 9.10 Å². The highest BCUT2D eigenvalue weighted by atomic mass is 32.2. The molecule has 0 aromatic heterocycles. The molecule has 136 valence electrons. The van der Waals surface area contributed by atoms with E-state index in [2.05, 4.69) is 0 Å². The molecule has 1 amide bonds. The summed E-state index contributed by atoms with van der Waals surface area (Å²) in [6.07, 6.45) is 8.25. The lowest BCUT2D eigenvalue weighted by molar-refractivity contribution is 0.0521. The summed E-state index contributed by atoms with van der Waals surface area (Å²) in [5, 5.41) is 0. The zero-order valence-corrected chi connectivity index (χ0v) is 15.6. The fourth-order valence-corrected chi connectivity index (χ4v) is 5.78. The number of benzene rings is 1. The van der Waals surface area contributed by atoms with Crippen LogP contribution in [0.1, 0.15) is 48.0 Å². The van der Waals surface area contributed by atoms with Crippen LogP contribution in [0, 0.1) is 11.8 Å². The van der Waals surface area contributed by atoms with Crippen molar-refractivity contribution >= 4 is 21.6 Å². The van der Waals surface area contributed by atoms with E-state index in [-0.39, 0.29) is 5.91 Å². The number of anilines is 1. The molecule has 0 spiro atoms. The Labute approximate surface area is 150 Å². The number of carbonyl (C=O) groups is 1. The van der Waals surface area contributed by atoms with Crippen LogP contribution in [0.3, 0.4) is 0 Å². The maximum Gasteiger partial charge on any atom is 0.253 e. The molecule has 0 unspecified atom stereocenters. The van der Waals surface area contributed by atoms with Crippen molar-refractivity contribution in [1.29, 1.82) is 0 Å². The predicted octanol–water partition coefficient (Wildman–Crippen LogP) is 2.66. The predicted molar refractivity (Wildman–Crippen MR) is 98.3 cm³/mol. The Morgan fingerprint density at radius 1 is 1.08 bits per heavy atom. The number of amides is 1. The second kappa shape index (κ2) is 6.31. The van der Waals surface area contributed by atoms with Gasteiger partial charge in [-0.05, 0) is 54.9 Å². The minimum absolute atomic E-state index is 0.102. The van der Waals surface area contributed by atoms with Crippen molar-refractivity contribution in [2.24, 2.45) is 11.8 Å². The topological polar surface area (TPSA) is 57.7 Å². The molecule has 1 aliphatic carbocycles. The molecule has 1 saturated heterocycles. The Morgan fingerprint density at radius 3 is 2.60 bits per heavy atom. The summed E-state index contributed by atoms with van der Waals surface area (Å²) in [7, 11) is -3.24. The van der Waals surface area contributed by atoms with Gasteiger partial charge in [0.05, 0.1) is 11.9 Å². The van der Waals surface area contributed by atoms with E-state index in [0.717, 1.165) is 36.7 Å². The van der Waals surface area contributed by atoms with Crippen LogP contribution in [0.25, 0.3) is 0 Å². The third-order valence-corrected chi connectivity index (χ3v) is 7.34. The first-order valence-electron chi connectivity index (χ1n) is 9.33. The number of piperidine rings is 1. The molecule has 1 saturated carbocycles. The van der Waals surface area contributed by atoms with Crippen LogP contribution >= 0.6 is 0 Å². The lowest BCUT2D eigenvalue weighted by Gasteiger charge is -2.41. The van der Waals surface area contributed by atoms with Crippen LogP contribution in [-0.2, 0) is 16.4 Å².